The fraction of sp³-hybridized carbons (Fsp3) is 0.176. The van der Waals surface area contributed by atoms with Crippen molar-refractivity contribution in [2.24, 2.45) is 0 Å². The molecule has 0 unspecified atom stereocenters. The van der Waals surface area contributed by atoms with Crippen molar-refractivity contribution in [3.05, 3.63) is 60.2 Å². The van der Waals surface area contributed by atoms with Gasteiger partial charge in [-0.25, -0.2) is 0 Å². The quantitative estimate of drug-likeness (QED) is 0.723. The lowest BCUT2D eigenvalue weighted by atomic mass is 10.2. The molecule has 122 valence electrons. The Morgan fingerprint density at radius 1 is 1.12 bits per heavy atom. The topological polar surface area (TPSA) is 72.7 Å². The molecule has 0 saturated heterocycles. The second kappa shape index (κ2) is 7.27. The maximum absolute atomic E-state index is 12.3. The number of aromatic nitrogens is 4. The fourth-order valence-electron chi connectivity index (χ4n) is 2.08. The molecule has 1 aromatic heterocycles. The van der Waals surface area contributed by atoms with E-state index in [9.17, 15) is 4.79 Å². The first kappa shape index (κ1) is 16.2. The summed E-state index contributed by atoms with van der Waals surface area (Å²) in [6.45, 7) is 3.85. The van der Waals surface area contributed by atoms with E-state index in [2.05, 4.69) is 20.8 Å². The number of benzene rings is 2. The van der Waals surface area contributed by atoms with Crippen LogP contribution < -0.4 is 5.32 Å². The number of aryl methyl sites for hydroxylation is 1. The third kappa shape index (κ3) is 3.80. The number of amides is 1. The Hall–Kier alpha value is -2.67. The van der Waals surface area contributed by atoms with Gasteiger partial charge in [0.15, 0.2) is 0 Å². The molecule has 1 N–H and O–H groups in total. The zero-order valence-corrected chi connectivity index (χ0v) is 14.2. The largest absolute Gasteiger partial charge is 0.325 e. The van der Waals surface area contributed by atoms with Crippen LogP contribution in [0.15, 0.2) is 59.8 Å². The minimum atomic E-state index is -0.333. The van der Waals surface area contributed by atoms with E-state index < -0.39 is 0 Å². The number of carbonyl (C=O) groups excluding carboxylic acids is 1. The summed E-state index contributed by atoms with van der Waals surface area (Å²) in [6.07, 6.45) is 0. The monoisotopic (exact) mass is 339 g/mol. The molecular formula is C17H17N5OS. The van der Waals surface area contributed by atoms with Crippen molar-refractivity contribution in [2.75, 3.05) is 5.32 Å². The number of para-hydroxylation sites is 1. The molecule has 2 aromatic carbocycles. The van der Waals surface area contributed by atoms with Crippen LogP contribution in [0, 0.1) is 6.92 Å². The average molecular weight is 339 g/mol. The maximum atomic E-state index is 12.3. The van der Waals surface area contributed by atoms with Gasteiger partial charge >= 0.3 is 0 Å². The fourth-order valence-corrected chi connectivity index (χ4v) is 2.89. The summed E-state index contributed by atoms with van der Waals surface area (Å²) in [6, 6.07) is 17.3. The molecule has 24 heavy (non-hydrogen) atoms. The van der Waals surface area contributed by atoms with Gasteiger partial charge in [-0.15, -0.1) is 5.10 Å². The number of rotatable bonds is 5. The summed E-state index contributed by atoms with van der Waals surface area (Å²) in [5.74, 6) is -0.0929. The Bertz CT molecular complexity index is 817. The first-order chi connectivity index (χ1) is 11.6. The van der Waals surface area contributed by atoms with Crippen LogP contribution in [0.5, 0.6) is 0 Å². The highest BCUT2D eigenvalue weighted by atomic mass is 32.2. The van der Waals surface area contributed by atoms with E-state index in [1.807, 2.05) is 68.4 Å². The van der Waals surface area contributed by atoms with E-state index in [0.29, 0.717) is 5.16 Å². The Balaban J connectivity index is 1.71. The predicted octanol–water partition coefficient (Wildman–Crippen LogP) is 3.09. The van der Waals surface area contributed by atoms with Crippen LogP contribution in [-0.2, 0) is 4.79 Å². The summed E-state index contributed by atoms with van der Waals surface area (Å²) in [4.78, 5) is 12.3. The zero-order chi connectivity index (χ0) is 16.9. The summed E-state index contributed by atoms with van der Waals surface area (Å²) >= 11 is 1.32. The van der Waals surface area contributed by atoms with E-state index in [1.54, 1.807) is 4.68 Å². The Morgan fingerprint density at radius 2 is 1.83 bits per heavy atom. The van der Waals surface area contributed by atoms with Crippen molar-refractivity contribution in [3.8, 4) is 5.69 Å². The molecule has 7 heteroatoms. The van der Waals surface area contributed by atoms with Gasteiger partial charge in [0, 0.05) is 5.69 Å². The molecule has 0 aliphatic heterocycles. The van der Waals surface area contributed by atoms with Crippen molar-refractivity contribution < 1.29 is 4.79 Å². The van der Waals surface area contributed by atoms with Gasteiger partial charge in [0.05, 0.1) is 10.9 Å². The van der Waals surface area contributed by atoms with E-state index in [4.69, 9.17) is 0 Å². The van der Waals surface area contributed by atoms with Gasteiger partial charge in [-0.3, -0.25) is 4.79 Å². The van der Waals surface area contributed by atoms with Gasteiger partial charge < -0.3 is 5.32 Å². The summed E-state index contributed by atoms with van der Waals surface area (Å²) in [5, 5.41) is 14.9. The Labute approximate surface area is 144 Å². The van der Waals surface area contributed by atoms with Gasteiger partial charge in [-0.05, 0) is 48.5 Å². The van der Waals surface area contributed by atoms with E-state index in [1.165, 1.54) is 11.8 Å². The highest BCUT2D eigenvalue weighted by Gasteiger charge is 2.19. The second-order valence-corrected chi connectivity index (χ2v) is 6.63. The minimum absolute atomic E-state index is 0.0929. The highest BCUT2D eigenvalue weighted by molar-refractivity contribution is 8.00. The first-order valence-electron chi connectivity index (χ1n) is 7.51. The van der Waals surface area contributed by atoms with Crippen LogP contribution >= 0.6 is 11.8 Å². The molecular weight excluding hydrogens is 322 g/mol. The van der Waals surface area contributed by atoms with Crippen LogP contribution in [0.4, 0.5) is 5.69 Å². The molecule has 0 saturated carbocycles. The molecule has 0 fully saturated rings. The molecule has 0 bridgehead atoms. The van der Waals surface area contributed by atoms with Gasteiger partial charge in [0.25, 0.3) is 0 Å². The Morgan fingerprint density at radius 3 is 2.54 bits per heavy atom. The molecule has 1 heterocycles. The molecule has 6 nitrogen and oxygen atoms in total. The maximum Gasteiger partial charge on any atom is 0.237 e. The number of hydrogen-bond donors (Lipinski definition) is 1. The molecule has 3 rings (SSSR count). The zero-order valence-electron chi connectivity index (χ0n) is 13.4. The normalized spacial score (nSPS) is 11.9. The standard InChI is InChI=1S/C17H17N5OS/c1-12-8-10-15(11-9-12)22-17(19-20-21-22)24-13(2)16(23)18-14-6-4-3-5-7-14/h3-11,13H,1-2H3,(H,18,23)/t13-/m0/s1. The van der Waals surface area contributed by atoms with Crippen LogP contribution in [0.2, 0.25) is 0 Å². The average Bonchev–Trinajstić information content (AvgIpc) is 3.04. The molecule has 1 atom stereocenters. The summed E-state index contributed by atoms with van der Waals surface area (Å²) < 4.78 is 1.64. The third-order valence-corrected chi connectivity index (χ3v) is 4.45. The number of anilines is 1. The van der Waals surface area contributed by atoms with Crippen molar-refractivity contribution in [3.63, 3.8) is 0 Å². The highest BCUT2D eigenvalue weighted by Crippen LogP contribution is 2.24. The molecule has 0 spiro atoms. The summed E-state index contributed by atoms with van der Waals surface area (Å²) in [7, 11) is 0. The van der Waals surface area contributed by atoms with Gasteiger partial charge in [-0.2, -0.15) is 4.68 Å². The minimum Gasteiger partial charge on any atom is -0.325 e. The van der Waals surface area contributed by atoms with Gasteiger partial charge in [0.1, 0.15) is 0 Å². The number of nitrogens with zero attached hydrogens (tertiary/aromatic N) is 4. The molecule has 1 amide bonds. The smallest absolute Gasteiger partial charge is 0.237 e. The van der Waals surface area contributed by atoms with Crippen LogP contribution in [0.25, 0.3) is 5.69 Å². The van der Waals surface area contributed by atoms with Crippen LogP contribution in [0.3, 0.4) is 0 Å². The number of tetrazole rings is 1. The number of hydrogen-bond acceptors (Lipinski definition) is 5. The van der Waals surface area contributed by atoms with Crippen molar-refractivity contribution >= 4 is 23.4 Å². The van der Waals surface area contributed by atoms with Crippen molar-refractivity contribution in [1.29, 1.82) is 0 Å². The van der Waals surface area contributed by atoms with Crippen molar-refractivity contribution in [2.45, 2.75) is 24.3 Å². The SMILES string of the molecule is Cc1ccc(-n2nnnc2S[C@@H](C)C(=O)Nc2ccccc2)cc1. The second-order valence-electron chi connectivity index (χ2n) is 5.32. The molecule has 0 aliphatic rings. The summed E-state index contributed by atoms with van der Waals surface area (Å²) in [5.41, 5.74) is 2.80. The molecule has 3 aromatic rings. The molecule has 0 aliphatic carbocycles. The number of carbonyl (C=O) groups is 1. The van der Waals surface area contributed by atoms with Gasteiger partial charge in [-0.1, -0.05) is 47.7 Å². The predicted molar refractivity (Wildman–Crippen MR) is 94.3 cm³/mol. The van der Waals surface area contributed by atoms with Crippen molar-refractivity contribution in [1.82, 2.24) is 20.2 Å². The van der Waals surface area contributed by atoms with Crippen LogP contribution in [-0.4, -0.2) is 31.4 Å². The molecule has 0 radical (unpaired) electrons. The first-order valence-corrected chi connectivity index (χ1v) is 8.39. The lowest BCUT2D eigenvalue weighted by Gasteiger charge is -2.11. The van der Waals surface area contributed by atoms with E-state index >= 15 is 0 Å². The van der Waals surface area contributed by atoms with Crippen LogP contribution in [0.1, 0.15) is 12.5 Å². The Kier molecular flexibility index (Phi) is 4.90. The van der Waals surface area contributed by atoms with E-state index in [-0.39, 0.29) is 11.2 Å². The lowest BCUT2D eigenvalue weighted by Crippen LogP contribution is -2.22. The lowest BCUT2D eigenvalue weighted by molar-refractivity contribution is -0.115. The number of nitrogens with one attached hydrogen (secondary N) is 1. The number of thioether (sulfide) groups is 1. The van der Waals surface area contributed by atoms with Gasteiger partial charge in [0.2, 0.25) is 11.1 Å². The van der Waals surface area contributed by atoms with E-state index in [0.717, 1.165) is 16.9 Å². The third-order valence-electron chi connectivity index (χ3n) is 3.41.